The van der Waals surface area contributed by atoms with Crippen molar-refractivity contribution in [3.8, 4) is 0 Å². The van der Waals surface area contributed by atoms with E-state index >= 15 is 0 Å². The highest BCUT2D eigenvalue weighted by atomic mass is 35.5. The Morgan fingerprint density at radius 1 is 0.950 bits per heavy atom. The van der Waals surface area contributed by atoms with Crippen molar-refractivity contribution in [1.82, 2.24) is 0 Å². The van der Waals surface area contributed by atoms with Crippen molar-refractivity contribution < 1.29 is 13.9 Å². The Bertz CT molecular complexity index is 563. The Kier molecular flexibility index (Phi) is 4.97. The van der Waals surface area contributed by atoms with Crippen molar-refractivity contribution in [3.05, 3.63) is 69.2 Å². The Morgan fingerprint density at radius 2 is 1.55 bits per heavy atom. The van der Waals surface area contributed by atoms with Crippen molar-refractivity contribution in [2.24, 2.45) is 0 Å². The van der Waals surface area contributed by atoms with Crippen molar-refractivity contribution in [3.63, 3.8) is 0 Å². The second-order valence-corrected chi connectivity index (χ2v) is 5.27. The minimum atomic E-state index is -0.927. The topological polar surface area (TPSA) is 20.2 Å². The Morgan fingerprint density at radius 3 is 2.30 bits per heavy atom. The van der Waals surface area contributed by atoms with Gasteiger partial charge in [0.2, 0.25) is 0 Å². The standard InChI is InChI=1S/C15H12Cl2F2O/c16-12-5-1-3-9(14(12)17)7-11(20)8-10-4-2-6-13(18)15(10)19/h1-6,11,20H,7-8H2. The van der Waals surface area contributed by atoms with Crippen LogP contribution in [0.2, 0.25) is 10.0 Å². The normalized spacial score (nSPS) is 12.4. The highest BCUT2D eigenvalue weighted by Crippen LogP contribution is 2.27. The van der Waals surface area contributed by atoms with Gasteiger partial charge in [-0.15, -0.1) is 0 Å². The predicted octanol–water partition coefficient (Wildman–Crippen LogP) is 4.42. The summed E-state index contributed by atoms with van der Waals surface area (Å²) < 4.78 is 26.6. The Hall–Kier alpha value is -1.16. The summed E-state index contributed by atoms with van der Waals surface area (Å²) in [6.45, 7) is 0. The first-order valence-corrected chi connectivity index (χ1v) is 6.78. The molecule has 2 aromatic carbocycles. The molecule has 0 saturated carbocycles. The summed E-state index contributed by atoms with van der Waals surface area (Å²) >= 11 is 11.9. The first-order valence-electron chi connectivity index (χ1n) is 6.03. The fourth-order valence-corrected chi connectivity index (χ4v) is 2.39. The lowest BCUT2D eigenvalue weighted by molar-refractivity contribution is 0.174. The third-order valence-corrected chi connectivity index (χ3v) is 3.83. The molecule has 0 bridgehead atoms. The molecule has 20 heavy (non-hydrogen) atoms. The maximum atomic E-state index is 13.5. The van der Waals surface area contributed by atoms with Crippen molar-refractivity contribution in [2.75, 3.05) is 0 Å². The second-order valence-electron chi connectivity index (χ2n) is 4.49. The lowest BCUT2D eigenvalue weighted by Gasteiger charge is -2.13. The Balaban J connectivity index is 2.11. The van der Waals surface area contributed by atoms with E-state index in [9.17, 15) is 13.9 Å². The monoisotopic (exact) mass is 316 g/mol. The first kappa shape index (κ1) is 15.2. The van der Waals surface area contributed by atoms with E-state index in [4.69, 9.17) is 23.2 Å². The molecule has 0 amide bonds. The van der Waals surface area contributed by atoms with E-state index in [-0.39, 0.29) is 18.4 Å². The van der Waals surface area contributed by atoms with Gasteiger partial charge in [0.1, 0.15) is 0 Å². The summed E-state index contributed by atoms with van der Waals surface area (Å²) in [4.78, 5) is 0. The summed E-state index contributed by atoms with van der Waals surface area (Å²) in [6.07, 6.45) is -0.649. The van der Waals surface area contributed by atoms with Gasteiger partial charge in [-0.05, 0) is 23.3 Å². The molecule has 2 rings (SSSR count). The van der Waals surface area contributed by atoms with Gasteiger partial charge in [-0.3, -0.25) is 0 Å². The molecule has 106 valence electrons. The van der Waals surface area contributed by atoms with Gasteiger partial charge in [-0.25, -0.2) is 8.78 Å². The van der Waals surface area contributed by atoms with E-state index in [1.54, 1.807) is 18.2 Å². The molecule has 1 N–H and O–H groups in total. The van der Waals surface area contributed by atoms with Gasteiger partial charge in [0.25, 0.3) is 0 Å². The molecular formula is C15H12Cl2F2O. The zero-order chi connectivity index (χ0) is 14.7. The number of aliphatic hydroxyl groups excluding tert-OH is 1. The van der Waals surface area contributed by atoms with Crippen molar-refractivity contribution in [1.29, 1.82) is 0 Å². The molecule has 2 aromatic rings. The van der Waals surface area contributed by atoms with Crippen LogP contribution in [-0.4, -0.2) is 11.2 Å². The van der Waals surface area contributed by atoms with E-state index < -0.39 is 17.7 Å². The number of rotatable bonds is 4. The molecule has 0 aliphatic carbocycles. The van der Waals surface area contributed by atoms with E-state index in [0.717, 1.165) is 6.07 Å². The minimum Gasteiger partial charge on any atom is -0.392 e. The van der Waals surface area contributed by atoms with Crippen molar-refractivity contribution >= 4 is 23.2 Å². The lowest BCUT2D eigenvalue weighted by Crippen LogP contribution is -2.15. The van der Waals surface area contributed by atoms with E-state index in [1.165, 1.54) is 12.1 Å². The summed E-state index contributed by atoms with van der Waals surface area (Å²) in [5, 5.41) is 10.8. The molecule has 5 heteroatoms. The number of aliphatic hydroxyl groups is 1. The molecule has 0 spiro atoms. The highest BCUT2D eigenvalue weighted by molar-refractivity contribution is 6.42. The van der Waals surface area contributed by atoms with Crippen LogP contribution in [0, 0.1) is 11.6 Å². The largest absolute Gasteiger partial charge is 0.392 e. The van der Waals surface area contributed by atoms with E-state index in [0.29, 0.717) is 15.6 Å². The Labute approximate surface area is 125 Å². The van der Waals surface area contributed by atoms with Crippen molar-refractivity contribution in [2.45, 2.75) is 18.9 Å². The average molecular weight is 317 g/mol. The zero-order valence-electron chi connectivity index (χ0n) is 10.4. The number of halogens is 4. The molecule has 0 fully saturated rings. The van der Waals surface area contributed by atoms with Crippen LogP contribution >= 0.6 is 23.2 Å². The summed E-state index contributed by atoms with van der Waals surface area (Å²) in [5.74, 6) is -1.85. The van der Waals surface area contributed by atoms with E-state index in [1.807, 2.05) is 0 Å². The second kappa shape index (κ2) is 6.53. The van der Waals surface area contributed by atoms with Gasteiger partial charge in [0, 0.05) is 12.8 Å². The molecule has 0 aromatic heterocycles. The lowest BCUT2D eigenvalue weighted by atomic mass is 10.0. The van der Waals surface area contributed by atoms with Crippen LogP contribution < -0.4 is 0 Å². The van der Waals surface area contributed by atoms with Gasteiger partial charge in [0.05, 0.1) is 16.1 Å². The molecule has 0 heterocycles. The van der Waals surface area contributed by atoms with Gasteiger partial charge in [-0.2, -0.15) is 0 Å². The van der Waals surface area contributed by atoms with Crippen LogP contribution in [0.1, 0.15) is 11.1 Å². The first-order chi connectivity index (χ1) is 9.49. The van der Waals surface area contributed by atoms with Crippen LogP contribution in [0.25, 0.3) is 0 Å². The average Bonchev–Trinajstić information content (AvgIpc) is 2.40. The SMILES string of the molecule is OC(Cc1cccc(F)c1F)Cc1cccc(Cl)c1Cl. The molecule has 0 radical (unpaired) electrons. The molecule has 1 unspecified atom stereocenters. The van der Waals surface area contributed by atoms with Crippen LogP contribution in [0.5, 0.6) is 0 Å². The smallest absolute Gasteiger partial charge is 0.162 e. The predicted molar refractivity (Wildman–Crippen MR) is 76.2 cm³/mol. The fourth-order valence-electron chi connectivity index (χ4n) is 1.99. The zero-order valence-corrected chi connectivity index (χ0v) is 11.9. The third kappa shape index (κ3) is 3.48. The number of benzene rings is 2. The quantitative estimate of drug-likeness (QED) is 0.885. The number of hydrogen-bond acceptors (Lipinski definition) is 1. The number of hydrogen-bond donors (Lipinski definition) is 1. The fraction of sp³-hybridized carbons (Fsp3) is 0.200. The maximum absolute atomic E-state index is 13.5. The van der Waals surface area contributed by atoms with E-state index in [2.05, 4.69) is 0 Å². The van der Waals surface area contributed by atoms with Gasteiger partial charge in [0.15, 0.2) is 11.6 Å². The molecule has 1 nitrogen and oxygen atoms in total. The minimum absolute atomic E-state index is 0.00638. The summed E-state index contributed by atoms with van der Waals surface area (Å²) in [5.41, 5.74) is 0.805. The van der Waals surface area contributed by atoms with Crippen LogP contribution in [0.4, 0.5) is 8.78 Å². The van der Waals surface area contributed by atoms with Crippen LogP contribution in [0.15, 0.2) is 36.4 Å². The van der Waals surface area contributed by atoms with Crippen LogP contribution in [0.3, 0.4) is 0 Å². The van der Waals surface area contributed by atoms with Gasteiger partial charge in [-0.1, -0.05) is 47.5 Å². The molecule has 0 aliphatic heterocycles. The van der Waals surface area contributed by atoms with Crippen LogP contribution in [-0.2, 0) is 12.8 Å². The maximum Gasteiger partial charge on any atom is 0.162 e. The molecule has 0 saturated heterocycles. The molecular weight excluding hydrogens is 305 g/mol. The molecule has 0 aliphatic rings. The van der Waals surface area contributed by atoms with Gasteiger partial charge < -0.3 is 5.11 Å². The van der Waals surface area contributed by atoms with Gasteiger partial charge >= 0.3 is 0 Å². The molecule has 1 atom stereocenters. The highest BCUT2D eigenvalue weighted by Gasteiger charge is 2.15. The third-order valence-electron chi connectivity index (χ3n) is 2.97. The summed E-state index contributed by atoms with van der Waals surface area (Å²) in [7, 11) is 0. The summed E-state index contributed by atoms with van der Waals surface area (Å²) in [6, 6.07) is 9.00.